The lowest BCUT2D eigenvalue weighted by Crippen LogP contribution is -2.45. The summed E-state index contributed by atoms with van der Waals surface area (Å²) < 4.78 is 0.920. The third-order valence-electron chi connectivity index (χ3n) is 3.15. The fourth-order valence-electron chi connectivity index (χ4n) is 1.75. The summed E-state index contributed by atoms with van der Waals surface area (Å²) >= 11 is 9.19. The van der Waals surface area contributed by atoms with Gasteiger partial charge in [-0.3, -0.25) is 4.79 Å². The predicted octanol–water partition coefficient (Wildman–Crippen LogP) is 4.28. The Balaban J connectivity index is 2.87. The highest BCUT2D eigenvalue weighted by molar-refractivity contribution is 9.10. The van der Waals surface area contributed by atoms with Gasteiger partial charge in [-0.15, -0.1) is 11.6 Å². The van der Waals surface area contributed by atoms with Crippen LogP contribution in [0.1, 0.15) is 42.6 Å². The minimum absolute atomic E-state index is 0.0473. The molecule has 0 aromatic heterocycles. The molecule has 0 radical (unpaired) electrons. The first-order valence-corrected chi connectivity index (χ1v) is 7.38. The molecule has 0 spiro atoms. The normalized spacial score (nSPS) is 14.1. The van der Waals surface area contributed by atoms with Crippen molar-refractivity contribution in [1.82, 2.24) is 5.32 Å². The van der Waals surface area contributed by atoms with Crippen LogP contribution in [0.2, 0.25) is 0 Å². The Morgan fingerprint density at radius 1 is 1.44 bits per heavy atom. The Morgan fingerprint density at radius 3 is 2.61 bits per heavy atom. The topological polar surface area (TPSA) is 29.1 Å². The van der Waals surface area contributed by atoms with Crippen molar-refractivity contribution in [1.29, 1.82) is 0 Å². The Bertz CT molecular complexity index is 416. The van der Waals surface area contributed by atoms with Crippen LogP contribution in [-0.4, -0.2) is 17.3 Å². The summed E-state index contributed by atoms with van der Waals surface area (Å²) in [6.07, 6.45) is 1.63. The van der Waals surface area contributed by atoms with Gasteiger partial charge in [-0.2, -0.15) is 0 Å². The standard InChI is InChI=1S/C14H19BrClNO/c1-4-14(3,5-6-16)17-13(18)11-7-10(2)8-12(15)9-11/h7-9H,4-6H2,1-3H3,(H,17,18). The number of amides is 1. The molecule has 1 rings (SSSR count). The molecule has 1 atom stereocenters. The Kier molecular flexibility index (Phi) is 5.67. The molecule has 0 fully saturated rings. The van der Waals surface area contributed by atoms with Crippen molar-refractivity contribution >= 4 is 33.4 Å². The summed E-state index contributed by atoms with van der Waals surface area (Å²) in [5, 5.41) is 3.07. The van der Waals surface area contributed by atoms with Crippen molar-refractivity contribution in [2.24, 2.45) is 0 Å². The number of nitrogens with one attached hydrogen (secondary N) is 1. The highest BCUT2D eigenvalue weighted by atomic mass is 79.9. The van der Waals surface area contributed by atoms with Crippen LogP contribution >= 0.6 is 27.5 Å². The number of benzene rings is 1. The minimum atomic E-state index is -0.241. The molecule has 0 saturated carbocycles. The summed E-state index contributed by atoms with van der Waals surface area (Å²) in [6, 6.07) is 5.70. The lowest BCUT2D eigenvalue weighted by Gasteiger charge is -2.29. The van der Waals surface area contributed by atoms with Gasteiger partial charge in [0.2, 0.25) is 0 Å². The molecule has 0 aliphatic heterocycles. The molecule has 0 heterocycles. The van der Waals surface area contributed by atoms with Crippen molar-refractivity contribution in [3.05, 3.63) is 33.8 Å². The van der Waals surface area contributed by atoms with E-state index in [2.05, 4.69) is 28.2 Å². The smallest absolute Gasteiger partial charge is 0.251 e. The van der Waals surface area contributed by atoms with E-state index in [-0.39, 0.29) is 11.4 Å². The third-order valence-corrected chi connectivity index (χ3v) is 3.79. The van der Waals surface area contributed by atoms with E-state index in [1.54, 1.807) is 0 Å². The second-order valence-corrected chi connectivity index (χ2v) is 6.12. The van der Waals surface area contributed by atoms with Gasteiger partial charge in [0.25, 0.3) is 5.91 Å². The first-order valence-electron chi connectivity index (χ1n) is 6.06. The molecular formula is C14H19BrClNO. The van der Waals surface area contributed by atoms with E-state index < -0.39 is 0 Å². The lowest BCUT2D eigenvalue weighted by atomic mass is 9.95. The van der Waals surface area contributed by atoms with E-state index in [4.69, 9.17) is 11.6 Å². The fraction of sp³-hybridized carbons (Fsp3) is 0.500. The molecule has 1 N–H and O–H groups in total. The van der Waals surface area contributed by atoms with Gasteiger partial charge >= 0.3 is 0 Å². The van der Waals surface area contributed by atoms with Crippen LogP contribution in [0.4, 0.5) is 0 Å². The molecule has 1 aromatic rings. The number of hydrogen-bond acceptors (Lipinski definition) is 1. The Morgan fingerprint density at radius 2 is 2.11 bits per heavy atom. The number of halogens is 2. The van der Waals surface area contributed by atoms with Crippen LogP contribution < -0.4 is 5.32 Å². The molecule has 1 unspecified atom stereocenters. The summed E-state index contributed by atoms with van der Waals surface area (Å²) in [5.74, 6) is 0.496. The molecule has 0 aliphatic rings. The van der Waals surface area contributed by atoms with E-state index in [0.29, 0.717) is 11.4 Å². The van der Waals surface area contributed by atoms with Crippen LogP contribution in [0.5, 0.6) is 0 Å². The predicted molar refractivity (Wildman–Crippen MR) is 80.4 cm³/mol. The van der Waals surface area contributed by atoms with E-state index in [1.807, 2.05) is 32.0 Å². The van der Waals surface area contributed by atoms with Gasteiger partial charge in [-0.05, 0) is 50.5 Å². The second kappa shape index (κ2) is 6.58. The van der Waals surface area contributed by atoms with Crippen LogP contribution in [0, 0.1) is 6.92 Å². The molecule has 1 amide bonds. The quantitative estimate of drug-likeness (QED) is 0.801. The average molecular weight is 333 g/mol. The third kappa shape index (κ3) is 4.29. The molecule has 100 valence electrons. The Labute approximate surface area is 122 Å². The zero-order valence-electron chi connectivity index (χ0n) is 11.0. The summed E-state index contributed by atoms with van der Waals surface area (Å²) in [5.41, 5.74) is 1.50. The van der Waals surface area contributed by atoms with Gasteiger partial charge in [0.05, 0.1) is 0 Å². The molecule has 2 nitrogen and oxygen atoms in total. The summed E-state index contributed by atoms with van der Waals surface area (Å²) in [4.78, 5) is 12.2. The second-order valence-electron chi connectivity index (χ2n) is 4.82. The molecule has 0 aliphatic carbocycles. The number of rotatable bonds is 5. The maximum absolute atomic E-state index is 12.2. The summed E-state index contributed by atoms with van der Waals surface area (Å²) in [7, 11) is 0. The molecule has 4 heteroatoms. The van der Waals surface area contributed by atoms with Crippen LogP contribution in [0.15, 0.2) is 22.7 Å². The Hall–Kier alpha value is -0.540. The van der Waals surface area contributed by atoms with Crippen molar-refractivity contribution < 1.29 is 4.79 Å². The first kappa shape index (κ1) is 15.5. The van der Waals surface area contributed by atoms with Crippen molar-refractivity contribution in [3.8, 4) is 0 Å². The van der Waals surface area contributed by atoms with E-state index in [1.165, 1.54) is 0 Å². The first-order chi connectivity index (χ1) is 8.40. The number of aryl methyl sites for hydroxylation is 1. The number of carbonyl (C=O) groups excluding carboxylic acids is 1. The summed E-state index contributed by atoms with van der Waals surface area (Å²) in [6.45, 7) is 6.05. The van der Waals surface area contributed by atoms with Crippen molar-refractivity contribution in [2.75, 3.05) is 5.88 Å². The van der Waals surface area contributed by atoms with Gasteiger partial charge in [0, 0.05) is 21.5 Å². The van der Waals surface area contributed by atoms with Crippen molar-refractivity contribution in [3.63, 3.8) is 0 Å². The highest BCUT2D eigenvalue weighted by Gasteiger charge is 2.24. The van der Waals surface area contributed by atoms with Gasteiger partial charge in [0.15, 0.2) is 0 Å². The van der Waals surface area contributed by atoms with Gasteiger partial charge in [-0.25, -0.2) is 0 Å². The molecule has 0 bridgehead atoms. The zero-order valence-corrected chi connectivity index (χ0v) is 13.4. The number of hydrogen-bond donors (Lipinski definition) is 1. The minimum Gasteiger partial charge on any atom is -0.347 e. The molecule has 0 saturated heterocycles. The monoisotopic (exact) mass is 331 g/mol. The SMILES string of the molecule is CCC(C)(CCCl)NC(=O)c1cc(C)cc(Br)c1. The van der Waals surface area contributed by atoms with Crippen LogP contribution in [0.25, 0.3) is 0 Å². The molecule has 18 heavy (non-hydrogen) atoms. The van der Waals surface area contributed by atoms with Gasteiger partial charge < -0.3 is 5.32 Å². The number of alkyl halides is 1. The number of carbonyl (C=O) groups is 1. The van der Waals surface area contributed by atoms with Crippen LogP contribution in [0.3, 0.4) is 0 Å². The molecular weight excluding hydrogens is 314 g/mol. The van der Waals surface area contributed by atoms with E-state index in [9.17, 15) is 4.79 Å². The average Bonchev–Trinajstić information content (AvgIpc) is 2.28. The lowest BCUT2D eigenvalue weighted by molar-refractivity contribution is 0.0901. The van der Waals surface area contributed by atoms with Crippen LogP contribution in [-0.2, 0) is 0 Å². The van der Waals surface area contributed by atoms with Gasteiger partial charge in [0.1, 0.15) is 0 Å². The van der Waals surface area contributed by atoms with E-state index >= 15 is 0 Å². The highest BCUT2D eigenvalue weighted by Crippen LogP contribution is 2.19. The van der Waals surface area contributed by atoms with Crippen molar-refractivity contribution in [2.45, 2.75) is 39.2 Å². The van der Waals surface area contributed by atoms with E-state index in [0.717, 1.165) is 22.9 Å². The van der Waals surface area contributed by atoms with Gasteiger partial charge in [-0.1, -0.05) is 22.9 Å². The maximum Gasteiger partial charge on any atom is 0.251 e. The largest absolute Gasteiger partial charge is 0.347 e. The maximum atomic E-state index is 12.2. The fourth-order valence-corrected chi connectivity index (χ4v) is 2.77. The zero-order chi connectivity index (χ0) is 13.8. The molecule has 1 aromatic carbocycles.